The van der Waals surface area contributed by atoms with Gasteiger partial charge in [-0.25, -0.2) is 4.79 Å². The molecule has 2 aromatic rings. The van der Waals surface area contributed by atoms with Crippen LogP contribution in [-0.4, -0.2) is 32.3 Å². The fourth-order valence-electron chi connectivity index (χ4n) is 1.84. The number of aromatic hydroxyl groups is 3. The number of amides is 1. The molecule has 0 spiro atoms. The van der Waals surface area contributed by atoms with Crippen molar-refractivity contribution < 1.29 is 30.0 Å². The second-order valence-corrected chi connectivity index (χ2v) is 4.60. The first-order valence-electron chi connectivity index (χ1n) is 6.44. The summed E-state index contributed by atoms with van der Waals surface area (Å²) >= 11 is 0. The molecule has 0 saturated carbocycles. The molecule has 1 amide bonds. The summed E-state index contributed by atoms with van der Waals surface area (Å²) in [5.41, 5.74) is 0.0754. The Labute approximate surface area is 130 Å². The van der Waals surface area contributed by atoms with Gasteiger partial charge in [-0.1, -0.05) is 0 Å². The van der Waals surface area contributed by atoms with Crippen molar-refractivity contribution in [2.75, 3.05) is 5.32 Å². The molecule has 0 fully saturated rings. The fraction of sp³-hybridized carbons (Fsp3) is 0. The van der Waals surface area contributed by atoms with E-state index in [2.05, 4.69) is 5.32 Å². The minimum atomic E-state index is -1.25. The number of aromatic carboxylic acids is 1. The van der Waals surface area contributed by atoms with Gasteiger partial charge in [0.25, 0.3) is 0 Å². The molecule has 7 nitrogen and oxygen atoms in total. The molecule has 0 unspecified atom stereocenters. The minimum Gasteiger partial charge on any atom is -0.508 e. The molecule has 0 atom stereocenters. The topological polar surface area (TPSA) is 127 Å². The molecule has 118 valence electrons. The molecule has 2 rings (SSSR count). The lowest BCUT2D eigenvalue weighted by Crippen LogP contribution is -2.11. The summed E-state index contributed by atoms with van der Waals surface area (Å²) in [6, 6.07) is 7.36. The Morgan fingerprint density at radius 2 is 1.61 bits per heavy atom. The van der Waals surface area contributed by atoms with Crippen LogP contribution >= 0.6 is 0 Å². The van der Waals surface area contributed by atoms with Gasteiger partial charge in [0.1, 0.15) is 17.2 Å². The van der Waals surface area contributed by atoms with E-state index in [0.717, 1.165) is 18.2 Å². The van der Waals surface area contributed by atoms with Crippen molar-refractivity contribution in [3.8, 4) is 17.2 Å². The Morgan fingerprint density at radius 1 is 0.957 bits per heavy atom. The number of nitrogens with one attached hydrogen (secondary N) is 1. The molecule has 23 heavy (non-hydrogen) atoms. The summed E-state index contributed by atoms with van der Waals surface area (Å²) in [6.45, 7) is 0. The Balaban J connectivity index is 2.18. The maximum absolute atomic E-state index is 11.8. The van der Waals surface area contributed by atoms with E-state index in [-0.39, 0.29) is 28.5 Å². The van der Waals surface area contributed by atoms with Crippen LogP contribution < -0.4 is 5.32 Å². The molecule has 0 bridgehead atoms. The van der Waals surface area contributed by atoms with Crippen molar-refractivity contribution in [3.05, 3.63) is 53.6 Å². The van der Waals surface area contributed by atoms with Crippen molar-refractivity contribution in [2.45, 2.75) is 0 Å². The number of benzene rings is 2. The minimum absolute atomic E-state index is 0.0536. The van der Waals surface area contributed by atoms with Crippen LogP contribution in [-0.2, 0) is 4.79 Å². The zero-order chi connectivity index (χ0) is 17.0. The summed E-state index contributed by atoms with van der Waals surface area (Å²) in [7, 11) is 0. The van der Waals surface area contributed by atoms with E-state index in [1.165, 1.54) is 30.3 Å². The highest BCUT2D eigenvalue weighted by molar-refractivity contribution is 6.06. The number of carboxylic acids is 1. The third-order valence-electron chi connectivity index (χ3n) is 2.92. The van der Waals surface area contributed by atoms with E-state index in [9.17, 15) is 24.9 Å². The maximum atomic E-state index is 11.8. The number of carboxylic acid groups (broad SMARTS) is 1. The smallest absolute Gasteiger partial charge is 0.337 e. The lowest BCUT2D eigenvalue weighted by atomic mass is 10.1. The van der Waals surface area contributed by atoms with Crippen LogP contribution in [0.25, 0.3) is 6.08 Å². The predicted molar refractivity (Wildman–Crippen MR) is 82.5 cm³/mol. The summed E-state index contributed by atoms with van der Waals surface area (Å²) in [5, 5.41) is 39.5. The number of carbonyl (C=O) groups excluding carboxylic acids is 1. The lowest BCUT2D eigenvalue weighted by molar-refractivity contribution is -0.111. The van der Waals surface area contributed by atoms with Crippen LogP contribution in [0.1, 0.15) is 15.9 Å². The first kappa shape index (κ1) is 15.9. The van der Waals surface area contributed by atoms with Crippen LogP contribution in [0.4, 0.5) is 5.69 Å². The van der Waals surface area contributed by atoms with Gasteiger partial charge < -0.3 is 25.7 Å². The van der Waals surface area contributed by atoms with E-state index in [1.54, 1.807) is 0 Å². The van der Waals surface area contributed by atoms with E-state index in [4.69, 9.17) is 5.11 Å². The highest BCUT2D eigenvalue weighted by Gasteiger charge is 2.12. The van der Waals surface area contributed by atoms with Crippen molar-refractivity contribution >= 4 is 23.6 Å². The average molecular weight is 315 g/mol. The monoisotopic (exact) mass is 315 g/mol. The van der Waals surface area contributed by atoms with Gasteiger partial charge in [-0.2, -0.15) is 0 Å². The van der Waals surface area contributed by atoms with Crippen molar-refractivity contribution in [1.82, 2.24) is 0 Å². The van der Waals surface area contributed by atoms with Crippen LogP contribution in [0.15, 0.2) is 42.5 Å². The Kier molecular flexibility index (Phi) is 4.51. The highest BCUT2D eigenvalue weighted by atomic mass is 16.4. The van der Waals surface area contributed by atoms with Crippen molar-refractivity contribution in [3.63, 3.8) is 0 Å². The molecule has 0 saturated heterocycles. The fourth-order valence-corrected chi connectivity index (χ4v) is 1.84. The van der Waals surface area contributed by atoms with Gasteiger partial charge >= 0.3 is 5.97 Å². The van der Waals surface area contributed by atoms with Gasteiger partial charge in [0.05, 0.1) is 11.3 Å². The molecule has 7 heteroatoms. The SMILES string of the molecule is O=C(C=Cc1ccc(O)cc1O)Nc1cc(O)ccc1C(=O)O. The molecule has 0 aliphatic carbocycles. The maximum Gasteiger partial charge on any atom is 0.337 e. The summed E-state index contributed by atoms with van der Waals surface area (Å²) in [4.78, 5) is 22.9. The second-order valence-electron chi connectivity index (χ2n) is 4.60. The molecule has 0 aromatic heterocycles. The second kappa shape index (κ2) is 6.52. The summed E-state index contributed by atoms with van der Waals surface area (Å²) in [5.74, 6) is -2.41. The average Bonchev–Trinajstić information content (AvgIpc) is 2.46. The van der Waals surface area contributed by atoms with Gasteiger partial charge in [0.2, 0.25) is 5.91 Å². The van der Waals surface area contributed by atoms with Crippen molar-refractivity contribution in [1.29, 1.82) is 0 Å². The first-order chi connectivity index (χ1) is 10.9. The van der Waals surface area contributed by atoms with Gasteiger partial charge in [0, 0.05) is 23.8 Å². The quantitative estimate of drug-likeness (QED) is 0.550. The summed E-state index contributed by atoms with van der Waals surface area (Å²) in [6.07, 6.45) is 2.38. The molecule has 0 heterocycles. The molecule has 0 aliphatic heterocycles. The van der Waals surface area contributed by atoms with Gasteiger partial charge in [-0.05, 0) is 30.3 Å². The number of rotatable bonds is 4. The number of hydrogen-bond acceptors (Lipinski definition) is 5. The molecule has 5 N–H and O–H groups in total. The summed E-state index contributed by atoms with van der Waals surface area (Å²) < 4.78 is 0. The highest BCUT2D eigenvalue weighted by Crippen LogP contribution is 2.24. The van der Waals surface area contributed by atoms with Gasteiger partial charge in [-0.15, -0.1) is 0 Å². The number of phenols is 3. The first-order valence-corrected chi connectivity index (χ1v) is 6.44. The predicted octanol–water partition coefficient (Wildman–Crippen LogP) is 2.15. The van der Waals surface area contributed by atoms with Gasteiger partial charge in [0.15, 0.2) is 0 Å². The zero-order valence-electron chi connectivity index (χ0n) is 11.7. The van der Waals surface area contributed by atoms with E-state index in [0.29, 0.717) is 5.56 Å². The largest absolute Gasteiger partial charge is 0.508 e. The van der Waals surface area contributed by atoms with E-state index < -0.39 is 11.9 Å². The van der Waals surface area contributed by atoms with Crippen LogP contribution in [0, 0.1) is 0 Å². The Morgan fingerprint density at radius 3 is 2.26 bits per heavy atom. The molecule has 2 aromatic carbocycles. The zero-order valence-corrected chi connectivity index (χ0v) is 11.7. The number of phenolic OH excluding ortho intramolecular Hbond substituents is 3. The standard InChI is InChI=1S/C16H13NO6/c18-10-4-5-12(16(22)23)13(7-10)17-15(21)6-2-9-1-3-11(19)8-14(9)20/h1-8,18-20H,(H,17,21)(H,22,23). The van der Waals surface area contributed by atoms with E-state index in [1.807, 2.05) is 0 Å². The Hall–Kier alpha value is -3.48. The van der Waals surface area contributed by atoms with Crippen LogP contribution in [0.2, 0.25) is 0 Å². The molecular weight excluding hydrogens is 302 g/mol. The lowest BCUT2D eigenvalue weighted by Gasteiger charge is -2.07. The normalized spacial score (nSPS) is 10.6. The van der Waals surface area contributed by atoms with Crippen molar-refractivity contribution in [2.24, 2.45) is 0 Å². The molecule has 0 aliphatic rings. The van der Waals surface area contributed by atoms with Gasteiger partial charge in [-0.3, -0.25) is 4.79 Å². The number of hydrogen-bond donors (Lipinski definition) is 5. The number of anilines is 1. The third kappa shape index (κ3) is 4.01. The third-order valence-corrected chi connectivity index (χ3v) is 2.92. The van der Waals surface area contributed by atoms with Crippen LogP contribution in [0.5, 0.6) is 17.2 Å². The number of carbonyl (C=O) groups is 2. The Bertz CT molecular complexity index is 797. The molecule has 0 radical (unpaired) electrons. The van der Waals surface area contributed by atoms with Crippen LogP contribution in [0.3, 0.4) is 0 Å². The molecular formula is C16H13NO6. The van der Waals surface area contributed by atoms with E-state index >= 15 is 0 Å².